The van der Waals surface area contributed by atoms with Crippen molar-refractivity contribution in [1.82, 2.24) is 0 Å². The fourth-order valence-corrected chi connectivity index (χ4v) is 3.41. The van der Waals surface area contributed by atoms with Crippen LogP contribution in [0.5, 0.6) is 11.5 Å². The first-order chi connectivity index (χ1) is 13.1. The van der Waals surface area contributed by atoms with Crippen molar-refractivity contribution in [2.75, 3.05) is 20.8 Å². The fourth-order valence-electron chi connectivity index (χ4n) is 3.41. The predicted molar refractivity (Wildman–Crippen MR) is 98.7 cm³/mol. The van der Waals surface area contributed by atoms with E-state index >= 15 is 0 Å². The van der Waals surface area contributed by atoms with E-state index in [1.165, 1.54) is 6.08 Å². The summed E-state index contributed by atoms with van der Waals surface area (Å²) in [6.07, 6.45) is 3.51. The van der Waals surface area contributed by atoms with E-state index in [4.69, 9.17) is 18.6 Å². The molecule has 2 aromatic rings. The fraction of sp³-hybridized carbons (Fsp3) is 0.333. The lowest BCUT2D eigenvalue weighted by molar-refractivity contribution is -0.151. The first-order valence-corrected chi connectivity index (χ1v) is 8.75. The van der Waals surface area contributed by atoms with Crippen molar-refractivity contribution in [2.45, 2.75) is 19.3 Å². The zero-order chi connectivity index (χ0) is 19.4. The first-order valence-electron chi connectivity index (χ1n) is 8.75. The molecule has 27 heavy (non-hydrogen) atoms. The smallest absolute Gasteiger partial charge is 0.317 e. The van der Waals surface area contributed by atoms with Gasteiger partial charge in [-0.1, -0.05) is 6.07 Å². The minimum atomic E-state index is -0.901. The maximum Gasteiger partial charge on any atom is 0.317 e. The molecule has 1 aromatic heterocycles. The number of carbonyl (C=O) groups is 2. The molecule has 1 heterocycles. The molecule has 0 N–H and O–H groups in total. The van der Waals surface area contributed by atoms with Crippen molar-refractivity contribution in [3.05, 3.63) is 54.0 Å². The number of ether oxygens (including phenoxy) is 3. The number of allylic oxidation sites excluding steroid dienone is 2. The zero-order valence-corrected chi connectivity index (χ0v) is 15.6. The second-order valence-corrected chi connectivity index (χ2v) is 6.20. The standard InChI is InChI=1S/C21H22O6/c1-4-26-21(23)20-15(13-7-8-18(24-2)19(12-13)25-3)10-14(11-16(20)22)17-6-5-9-27-17/h5-9,11-12,15,20H,4,10H2,1-3H3/t15-,20-/m1/s1. The van der Waals surface area contributed by atoms with Crippen LogP contribution < -0.4 is 9.47 Å². The SMILES string of the molecule is CCOC(=O)[C@H]1C(=O)C=C(c2ccco2)C[C@@H]1c1ccc(OC)c(OC)c1. The summed E-state index contributed by atoms with van der Waals surface area (Å²) in [5.41, 5.74) is 1.56. The highest BCUT2D eigenvalue weighted by Gasteiger charge is 2.40. The highest BCUT2D eigenvalue weighted by Crippen LogP contribution is 2.42. The molecule has 0 amide bonds. The minimum absolute atomic E-state index is 0.218. The molecule has 1 aromatic carbocycles. The summed E-state index contributed by atoms with van der Waals surface area (Å²) in [7, 11) is 3.10. The van der Waals surface area contributed by atoms with Crippen LogP contribution in [0.25, 0.3) is 5.57 Å². The van der Waals surface area contributed by atoms with Crippen LogP contribution in [0.2, 0.25) is 0 Å². The number of furan rings is 1. The maximum atomic E-state index is 12.8. The number of hydrogen-bond donors (Lipinski definition) is 0. The molecule has 0 fully saturated rings. The molecule has 6 heteroatoms. The van der Waals surface area contributed by atoms with Gasteiger partial charge in [0.15, 0.2) is 17.3 Å². The molecule has 2 atom stereocenters. The number of hydrogen-bond acceptors (Lipinski definition) is 6. The summed E-state index contributed by atoms with van der Waals surface area (Å²) in [4.78, 5) is 25.3. The van der Waals surface area contributed by atoms with Gasteiger partial charge in [-0.25, -0.2) is 0 Å². The molecule has 142 valence electrons. The van der Waals surface area contributed by atoms with E-state index in [0.29, 0.717) is 23.7 Å². The third-order valence-corrected chi connectivity index (χ3v) is 4.68. The van der Waals surface area contributed by atoms with Gasteiger partial charge in [-0.2, -0.15) is 0 Å². The summed E-state index contributed by atoms with van der Waals surface area (Å²) in [5, 5.41) is 0. The number of carbonyl (C=O) groups excluding carboxylic acids is 2. The van der Waals surface area contributed by atoms with E-state index in [1.54, 1.807) is 51.7 Å². The highest BCUT2D eigenvalue weighted by molar-refractivity contribution is 6.10. The molecular formula is C21H22O6. The molecule has 0 bridgehead atoms. The Morgan fingerprint density at radius 1 is 1.19 bits per heavy atom. The number of methoxy groups -OCH3 is 2. The Morgan fingerprint density at radius 3 is 2.59 bits per heavy atom. The largest absolute Gasteiger partial charge is 0.493 e. The van der Waals surface area contributed by atoms with Gasteiger partial charge in [0.2, 0.25) is 0 Å². The van der Waals surface area contributed by atoms with Gasteiger partial charge in [0.1, 0.15) is 11.7 Å². The van der Waals surface area contributed by atoms with Gasteiger partial charge < -0.3 is 18.6 Å². The zero-order valence-electron chi connectivity index (χ0n) is 15.6. The van der Waals surface area contributed by atoms with E-state index in [0.717, 1.165) is 11.1 Å². The Kier molecular flexibility index (Phi) is 5.64. The number of benzene rings is 1. The van der Waals surface area contributed by atoms with Crippen LogP contribution in [0.15, 0.2) is 47.1 Å². The van der Waals surface area contributed by atoms with E-state index in [9.17, 15) is 9.59 Å². The first kappa shape index (κ1) is 18.8. The lowest BCUT2D eigenvalue weighted by Crippen LogP contribution is -2.34. The molecule has 1 aliphatic carbocycles. The third kappa shape index (κ3) is 3.74. The number of rotatable bonds is 6. The Morgan fingerprint density at radius 2 is 1.96 bits per heavy atom. The van der Waals surface area contributed by atoms with Crippen molar-refractivity contribution in [2.24, 2.45) is 5.92 Å². The predicted octanol–water partition coefficient (Wildman–Crippen LogP) is 3.62. The monoisotopic (exact) mass is 370 g/mol. The third-order valence-electron chi connectivity index (χ3n) is 4.68. The van der Waals surface area contributed by atoms with Crippen LogP contribution in [0.1, 0.15) is 30.6 Å². The quantitative estimate of drug-likeness (QED) is 0.571. The molecule has 1 aliphatic rings. The van der Waals surface area contributed by atoms with Gasteiger partial charge in [-0.3, -0.25) is 9.59 Å². The molecule has 0 aliphatic heterocycles. The molecule has 0 saturated carbocycles. The molecular weight excluding hydrogens is 348 g/mol. The van der Waals surface area contributed by atoms with Crippen LogP contribution >= 0.6 is 0 Å². The highest BCUT2D eigenvalue weighted by atomic mass is 16.5. The van der Waals surface area contributed by atoms with E-state index in [1.807, 2.05) is 6.07 Å². The van der Waals surface area contributed by atoms with Gasteiger partial charge in [0, 0.05) is 5.92 Å². The van der Waals surface area contributed by atoms with E-state index in [-0.39, 0.29) is 18.3 Å². The topological polar surface area (TPSA) is 75.0 Å². The summed E-state index contributed by atoms with van der Waals surface area (Å²) in [6, 6.07) is 8.98. The van der Waals surface area contributed by atoms with Crippen LogP contribution in [-0.4, -0.2) is 32.6 Å². The van der Waals surface area contributed by atoms with Crippen molar-refractivity contribution in [1.29, 1.82) is 0 Å². The Labute approximate surface area is 157 Å². The van der Waals surface area contributed by atoms with Crippen molar-refractivity contribution < 1.29 is 28.2 Å². The second-order valence-electron chi connectivity index (χ2n) is 6.20. The van der Waals surface area contributed by atoms with E-state index in [2.05, 4.69) is 0 Å². The Balaban J connectivity index is 2.04. The van der Waals surface area contributed by atoms with Gasteiger partial charge in [-0.15, -0.1) is 0 Å². The van der Waals surface area contributed by atoms with Crippen LogP contribution in [0.3, 0.4) is 0 Å². The maximum absolute atomic E-state index is 12.8. The number of esters is 1. The minimum Gasteiger partial charge on any atom is -0.493 e. The summed E-state index contributed by atoms with van der Waals surface area (Å²) < 4.78 is 21.3. The van der Waals surface area contributed by atoms with Crippen LogP contribution in [0.4, 0.5) is 0 Å². The van der Waals surface area contributed by atoms with Crippen LogP contribution in [0, 0.1) is 5.92 Å². The van der Waals surface area contributed by atoms with Crippen molar-refractivity contribution in [3.63, 3.8) is 0 Å². The normalized spacial score (nSPS) is 19.4. The van der Waals surface area contributed by atoms with Crippen molar-refractivity contribution >= 4 is 17.3 Å². The lowest BCUT2D eigenvalue weighted by Gasteiger charge is -2.29. The average molecular weight is 370 g/mol. The van der Waals surface area contributed by atoms with Crippen molar-refractivity contribution in [3.8, 4) is 11.5 Å². The molecule has 0 unspecified atom stereocenters. The molecule has 0 saturated heterocycles. The van der Waals surface area contributed by atoms with Gasteiger partial charge in [0.05, 0.1) is 27.1 Å². The Hall–Kier alpha value is -3.02. The van der Waals surface area contributed by atoms with E-state index < -0.39 is 11.9 Å². The van der Waals surface area contributed by atoms with Gasteiger partial charge >= 0.3 is 5.97 Å². The Bertz CT molecular complexity index is 850. The molecule has 0 spiro atoms. The molecule has 3 rings (SSSR count). The lowest BCUT2D eigenvalue weighted by atomic mass is 9.74. The number of ketones is 1. The van der Waals surface area contributed by atoms with Gasteiger partial charge in [-0.05, 0) is 54.8 Å². The molecule has 0 radical (unpaired) electrons. The summed E-state index contributed by atoms with van der Waals surface area (Å²) in [5.74, 6) is -0.348. The summed E-state index contributed by atoms with van der Waals surface area (Å²) >= 11 is 0. The second kappa shape index (κ2) is 8.12. The average Bonchev–Trinajstić information content (AvgIpc) is 3.21. The van der Waals surface area contributed by atoms with Crippen LogP contribution in [-0.2, 0) is 14.3 Å². The van der Waals surface area contributed by atoms with Gasteiger partial charge in [0.25, 0.3) is 0 Å². The summed E-state index contributed by atoms with van der Waals surface area (Å²) in [6.45, 7) is 1.94. The molecule has 6 nitrogen and oxygen atoms in total.